The van der Waals surface area contributed by atoms with E-state index in [1.165, 1.54) is 0 Å². The van der Waals surface area contributed by atoms with Crippen LogP contribution in [0.4, 0.5) is 5.69 Å². The molecule has 8 heteroatoms. The number of ether oxygens (including phenoxy) is 2. The lowest BCUT2D eigenvalue weighted by Crippen LogP contribution is -2.44. The van der Waals surface area contributed by atoms with Gasteiger partial charge in [-0.3, -0.25) is 4.99 Å². The molecule has 1 aliphatic rings. The van der Waals surface area contributed by atoms with Crippen LogP contribution in [0, 0.1) is 0 Å². The summed E-state index contributed by atoms with van der Waals surface area (Å²) in [7, 11) is 3.33. The average molecular weight is 540 g/mol. The molecule has 3 N–H and O–H groups in total. The van der Waals surface area contributed by atoms with E-state index in [0.29, 0.717) is 0 Å². The standard InChI is InChI=1S/C23H32N4O3.HI/c1-4-24-23(25-15-21(28)17-9-11-19(29-2)12-10-17)26-18-13-14-27(16-18)20-7-5-6-8-22(20)30-3;/h5-12,18,21,28H,4,13-16H2,1-3H3,(H2,24,25,26);1H. The molecule has 7 nitrogen and oxygen atoms in total. The Bertz CT molecular complexity index is 832. The second kappa shape index (κ2) is 12.6. The molecular weight excluding hydrogens is 507 g/mol. The summed E-state index contributed by atoms with van der Waals surface area (Å²) in [6, 6.07) is 15.8. The smallest absolute Gasteiger partial charge is 0.191 e. The Morgan fingerprint density at radius 3 is 2.58 bits per heavy atom. The minimum Gasteiger partial charge on any atom is -0.497 e. The molecule has 2 aromatic carbocycles. The van der Waals surface area contributed by atoms with E-state index in [-0.39, 0.29) is 36.6 Å². The van der Waals surface area contributed by atoms with Crippen molar-refractivity contribution in [1.29, 1.82) is 0 Å². The highest BCUT2D eigenvalue weighted by molar-refractivity contribution is 14.0. The number of rotatable bonds is 8. The van der Waals surface area contributed by atoms with Gasteiger partial charge in [0.05, 0.1) is 32.6 Å². The molecule has 0 saturated carbocycles. The summed E-state index contributed by atoms with van der Waals surface area (Å²) in [6.45, 7) is 4.89. The fourth-order valence-corrected chi connectivity index (χ4v) is 3.61. The van der Waals surface area contributed by atoms with Crippen molar-refractivity contribution in [3.05, 3.63) is 54.1 Å². The minimum atomic E-state index is -0.667. The van der Waals surface area contributed by atoms with Gasteiger partial charge in [-0.2, -0.15) is 0 Å². The van der Waals surface area contributed by atoms with Crippen LogP contribution in [0.25, 0.3) is 0 Å². The Labute approximate surface area is 201 Å². The number of nitrogens with one attached hydrogen (secondary N) is 2. The fraction of sp³-hybridized carbons (Fsp3) is 0.435. The van der Waals surface area contributed by atoms with Crippen LogP contribution in [-0.2, 0) is 0 Å². The highest BCUT2D eigenvalue weighted by Crippen LogP contribution is 2.30. The molecule has 0 radical (unpaired) electrons. The van der Waals surface area contributed by atoms with Gasteiger partial charge in [0, 0.05) is 25.7 Å². The lowest BCUT2D eigenvalue weighted by atomic mass is 10.1. The number of nitrogens with zero attached hydrogens (tertiary/aromatic N) is 2. The first-order valence-corrected chi connectivity index (χ1v) is 10.4. The van der Waals surface area contributed by atoms with Crippen molar-refractivity contribution in [3.8, 4) is 11.5 Å². The average Bonchev–Trinajstić information content (AvgIpc) is 3.25. The number of aliphatic imine (C=N–C) groups is 1. The normalized spacial score (nSPS) is 17.0. The first-order chi connectivity index (χ1) is 14.6. The molecule has 0 aliphatic carbocycles. The van der Waals surface area contributed by atoms with E-state index in [1.807, 2.05) is 49.4 Å². The van der Waals surface area contributed by atoms with Gasteiger partial charge in [0.1, 0.15) is 11.5 Å². The number of anilines is 1. The van der Waals surface area contributed by atoms with E-state index in [1.54, 1.807) is 14.2 Å². The van der Waals surface area contributed by atoms with Crippen molar-refractivity contribution in [1.82, 2.24) is 10.6 Å². The van der Waals surface area contributed by atoms with Crippen LogP contribution in [-0.4, -0.2) is 57.5 Å². The van der Waals surface area contributed by atoms with Crippen molar-refractivity contribution in [2.24, 2.45) is 4.99 Å². The van der Waals surface area contributed by atoms with Crippen LogP contribution in [0.2, 0.25) is 0 Å². The molecule has 0 amide bonds. The van der Waals surface area contributed by atoms with Crippen LogP contribution in [0.15, 0.2) is 53.5 Å². The molecule has 31 heavy (non-hydrogen) atoms. The Balaban J connectivity index is 0.00000341. The van der Waals surface area contributed by atoms with Crippen LogP contribution >= 0.6 is 24.0 Å². The van der Waals surface area contributed by atoms with Crippen LogP contribution < -0.4 is 25.0 Å². The fourth-order valence-electron chi connectivity index (χ4n) is 3.61. The van der Waals surface area contributed by atoms with E-state index < -0.39 is 6.10 Å². The Morgan fingerprint density at radius 2 is 1.90 bits per heavy atom. The summed E-state index contributed by atoms with van der Waals surface area (Å²) in [5.41, 5.74) is 1.93. The van der Waals surface area contributed by atoms with Crippen LogP contribution in [0.5, 0.6) is 11.5 Å². The molecule has 1 aliphatic heterocycles. The van der Waals surface area contributed by atoms with Gasteiger partial charge >= 0.3 is 0 Å². The third-order valence-electron chi connectivity index (χ3n) is 5.22. The topological polar surface area (TPSA) is 78.4 Å². The van der Waals surface area contributed by atoms with E-state index in [4.69, 9.17) is 9.47 Å². The van der Waals surface area contributed by atoms with Crippen molar-refractivity contribution in [2.45, 2.75) is 25.5 Å². The molecule has 3 rings (SSSR count). The lowest BCUT2D eigenvalue weighted by Gasteiger charge is -2.22. The van der Waals surface area contributed by atoms with E-state index in [0.717, 1.165) is 54.8 Å². The largest absolute Gasteiger partial charge is 0.497 e. The van der Waals surface area contributed by atoms with Gasteiger partial charge in [-0.15, -0.1) is 24.0 Å². The first kappa shape index (κ1) is 25.1. The molecular formula is C23H33IN4O3. The number of hydrogen-bond acceptors (Lipinski definition) is 5. The number of halogens is 1. The summed E-state index contributed by atoms with van der Waals surface area (Å²) in [5, 5.41) is 17.3. The van der Waals surface area contributed by atoms with Gasteiger partial charge in [-0.25, -0.2) is 0 Å². The van der Waals surface area contributed by atoms with Gasteiger partial charge in [0.2, 0.25) is 0 Å². The maximum Gasteiger partial charge on any atom is 0.191 e. The van der Waals surface area contributed by atoms with Crippen molar-refractivity contribution >= 4 is 35.6 Å². The predicted molar refractivity (Wildman–Crippen MR) is 136 cm³/mol. The van der Waals surface area contributed by atoms with Crippen molar-refractivity contribution in [3.63, 3.8) is 0 Å². The number of hydrogen-bond donors (Lipinski definition) is 3. The minimum absolute atomic E-state index is 0. The molecule has 2 unspecified atom stereocenters. The molecule has 2 aromatic rings. The number of aliphatic hydroxyl groups is 1. The summed E-state index contributed by atoms with van der Waals surface area (Å²) in [4.78, 5) is 6.92. The van der Waals surface area contributed by atoms with E-state index in [9.17, 15) is 5.11 Å². The van der Waals surface area contributed by atoms with Gasteiger partial charge in [-0.1, -0.05) is 24.3 Å². The van der Waals surface area contributed by atoms with Gasteiger partial charge < -0.3 is 30.1 Å². The molecule has 1 fully saturated rings. The third-order valence-corrected chi connectivity index (χ3v) is 5.22. The monoisotopic (exact) mass is 540 g/mol. The van der Waals surface area contributed by atoms with E-state index in [2.05, 4.69) is 26.6 Å². The second-order valence-electron chi connectivity index (χ2n) is 7.26. The van der Waals surface area contributed by atoms with Crippen molar-refractivity contribution in [2.75, 3.05) is 45.3 Å². The Hall–Kier alpha value is -2.20. The summed E-state index contributed by atoms with van der Waals surface area (Å²) in [5.74, 6) is 2.38. The zero-order valence-electron chi connectivity index (χ0n) is 18.4. The van der Waals surface area contributed by atoms with Gasteiger partial charge in [-0.05, 0) is 43.2 Å². The number of para-hydroxylation sites is 2. The zero-order chi connectivity index (χ0) is 21.3. The summed E-state index contributed by atoms with van der Waals surface area (Å²) in [6.07, 6.45) is 0.337. The number of guanidine groups is 1. The van der Waals surface area contributed by atoms with Crippen LogP contribution in [0.1, 0.15) is 25.0 Å². The number of benzene rings is 2. The zero-order valence-corrected chi connectivity index (χ0v) is 20.7. The molecule has 0 bridgehead atoms. The maximum absolute atomic E-state index is 10.5. The molecule has 0 aromatic heterocycles. The molecule has 1 saturated heterocycles. The summed E-state index contributed by atoms with van der Waals surface area (Å²) >= 11 is 0. The third kappa shape index (κ3) is 6.90. The molecule has 170 valence electrons. The first-order valence-electron chi connectivity index (χ1n) is 10.4. The number of aliphatic hydroxyl groups excluding tert-OH is 1. The Kier molecular flexibility index (Phi) is 10.2. The predicted octanol–water partition coefficient (Wildman–Crippen LogP) is 3.19. The Morgan fingerprint density at radius 1 is 1.16 bits per heavy atom. The van der Waals surface area contributed by atoms with Crippen LogP contribution in [0.3, 0.4) is 0 Å². The highest BCUT2D eigenvalue weighted by Gasteiger charge is 2.25. The van der Waals surface area contributed by atoms with Gasteiger partial charge in [0.25, 0.3) is 0 Å². The van der Waals surface area contributed by atoms with Crippen molar-refractivity contribution < 1.29 is 14.6 Å². The quantitative estimate of drug-likeness (QED) is 0.271. The second-order valence-corrected chi connectivity index (χ2v) is 7.26. The number of methoxy groups -OCH3 is 2. The highest BCUT2D eigenvalue weighted by atomic mass is 127. The molecule has 1 heterocycles. The maximum atomic E-state index is 10.5. The van der Waals surface area contributed by atoms with Gasteiger partial charge in [0.15, 0.2) is 5.96 Å². The molecule has 0 spiro atoms. The summed E-state index contributed by atoms with van der Waals surface area (Å²) < 4.78 is 10.7. The van der Waals surface area contributed by atoms with E-state index >= 15 is 0 Å². The lowest BCUT2D eigenvalue weighted by molar-refractivity contribution is 0.187. The molecule has 2 atom stereocenters. The SMILES string of the molecule is CCNC(=NCC(O)c1ccc(OC)cc1)NC1CCN(c2ccccc2OC)C1.I.